The predicted octanol–water partition coefficient (Wildman–Crippen LogP) is 4.35. The summed E-state index contributed by atoms with van der Waals surface area (Å²) < 4.78 is 10.1. The Morgan fingerprint density at radius 2 is 1.53 bits per heavy atom. The third kappa shape index (κ3) is 5.57. The first-order valence-corrected chi connectivity index (χ1v) is 14.7. The van der Waals surface area contributed by atoms with Crippen molar-refractivity contribution in [1.82, 2.24) is 4.98 Å². The Morgan fingerprint density at radius 1 is 0.889 bits per heavy atom. The second kappa shape index (κ2) is 12.7. The molecule has 0 amide bonds. The smallest absolute Gasteiger partial charge is 0.338 e. The highest BCUT2D eigenvalue weighted by atomic mass is 16.5. The average Bonchev–Trinajstić information content (AvgIpc) is 3.08. The van der Waals surface area contributed by atoms with Crippen LogP contribution >= 0.6 is 0 Å². The molecule has 6 rings (SSSR count). The molecule has 0 saturated carbocycles. The largest absolute Gasteiger partial charge is 0.460 e. The summed E-state index contributed by atoms with van der Waals surface area (Å²) in [6.45, 7) is 0.360. The van der Waals surface area contributed by atoms with Crippen LogP contribution in [0.15, 0.2) is 54.6 Å². The van der Waals surface area contributed by atoms with Gasteiger partial charge in [-0.25, -0.2) is 14.6 Å². The van der Waals surface area contributed by atoms with E-state index in [0.29, 0.717) is 50.2 Å². The number of hydrogen-bond acceptors (Lipinski definition) is 11. The molecule has 1 aromatic heterocycles. The highest BCUT2D eigenvalue weighted by molar-refractivity contribution is 6.29. The zero-order valence-corrected chi connectivity index (χ0v) is 24.3. The van der Waals surface area contributed by atoms with Gasteiger partial charge in [-0.1, -0.05) is 24.3 Å². The number of carbonyl (C=O) groups is 3. The maximum atomic E-state index is 14.1. The van der Waals surface area contributed by atoms with Crippen LogP contribution in [-0.2, 0) is 9.47 Å². The lowest BCUT2D eigenvalue weighted by molar-refractivity contribution is 0.0430. The van der Waals surface area contributed by atoms with Crippen molar-refractivity contribution in [3.8, 4) is 17.2 Å². The number of nitrogens with zero attached hydrogens (tertiary/aromatic N) is 3. The van der Waals surface area contributed by atoms with Crippen LogP contribution in [-0.4, -0.2) is 72.4 Å². The van der Waals surface area contributed by atoms with Crippen LogP contribution in [0.4, 0.5) is 17.2 Å². The molecule has 2 aliphatic rings. The van der Waals surface area contributed by atoms with Gasteiger partial charge in [0.25, 0.3) is 0 Å². The molecule has 3 N–H and O–H groups in total. The number of esters is 2. The minimum Gasteiger partial charge on any atom is -0.460 e. The number of ketones is 1. The van der Waals surface area contributed by atoms with E-state index in [0.717, 1.165) is 32.4 Å². The number of pyridine rings is 1. The van der Waals surface area contributed by atoms with Crippen LogP contribution in [0.25, 0.3) is 22.0 Å². The lowest BCUT2D eigenvalue weighted by Gasteiger charge is -2.31. The molecule has 228 valence electrons. The van der Waals surface area contributed by atoms with Crippen molar-refractivity contribution in [3.63, 3.8) is 0 Å². The number of piperidine rings is 1. The average molecular weight is 607 g/mol. The molecule has 2 heterocycles. The highest BCUT2D eigenvalue weighted by Gasteiger charge is 2.33. The first kappa shape index (κ1) is 29.7. The van der Waals surface area contributed by atoms with E-state index in [2.05, 4.69) is 16.3 Å². The molecule has 0 atom stereocenters. The molecular formula is C34H30N4O7. The molecule has 1 saturated heterocycles. The first-order valence-electron chi connectivity index (χ1n) is 14.7. The Kier molecular flexibility index (Phi) is 8.42. The predicted molar refractivity (Wildman–Crippen MR) is 166 cm³/mol. The number of fused-ring (bicyclic) bond motifs is 2. The van der Waals surface area contributed by atoms with E-state index in [9.17, 15) is 19.6 Å². The maximum absolute atomic E-state index is 14.1. The van der Waals surface area contributed by atoms with Gasteiger partial charge in [0.1, 0.15) is 30.7 Å². The summed E-state index contributed by atoms with van der Waals surface area (Å²) in [5.74, 6) is -1.20. The number of aliphatic hydroxyl groups excluding tert-OH is 2. The normalized spacial score (nSPS) is 13.6. The van der Waals surface area contributed by atoms with Crippen molar-refractivity contribution in [2.24, 2.45) is 0 Å². The van der Waals surface area contributed by atoms with Crippen molar-refractivity contribution in [2.75, 3.05) is 49.7 Å². The molecule has 11 nitrogen and oxygen atoms in total. The first-order chi connectivity index (χ1) is 21.9. The fraction of sp³-hybridized carbons (Fsp3) is 0.265. The number of aliphatic hydroxyl groups is 2. The summed E-state index contributed by atoms with van der Waals surface area (Å²) in [5.41, 5.74) is 3.74. The number of ether oxygens (including phenoxy) is 2. The van der Waals surface area contributed by atoms with Crippen molar-refractivity contribution < 1.29 is 34.1 Å². The summed E-state index contributed by atoms with van der Waals surface area (Å²) in [5, 5.41) is 32.4. The molecule has 1 aliphatic heterocycles. The number of anilines is 3. The van der Waals surface area contributed by atoms with Crippen molar-refractivity contribution in [1.29, 1.82) is 5.26 Å². The minimum absolute atomic E-state index is 0.01000. The molecule has 0 radical (unpaired) electrons. The van der Waals surface area contributed by atoms with Gasteiger partial charge >= 0.3 is 11.9 Å². The topological polar surface area (TPSA) is 162 Å². The molecule has 1 aliphatic carbocycles. The van der Waals surface area contributed by atoms with Gasteiger partial charge < -0.3 is 29.9 Å². The quantitative estimate of drug-likeness (QED) is 0.205. The van der Waals surface area contributed by atoms with Gasteiger partial charge in [0.15, 0.2) is 5.78 Å². The van der Waals surface area contributed by atoms with Crippen molar-refractivity contribution >= 4 is 45.8 Å². The zero-order valence-electron chi connectivity index (χ0n) is 24.3. The molecule has 0 spiro atoms. The molecular weight excluding hydrogens is 576 g/mol. The standard InChI is InChI=1S/C34H30N4O7/c35-19-25-28-23-6-2-3-7-24(23)31(41)30-27(9-8-26(29(28)30)37-32(25)38-10-4-1-5-11-38)36-22-17-20(33(42)44-14-12-39)16-21(18-22)34(43)45-15-13-40/h2-3,6-9,16-18,36,39-40H,1,4-5,10-15H2. The van der Waals surface area contributed by atoms with Crippen LogP contribution in [0.1, 0.15) is 61.5 Å². The van der Waals surface area contributed by atoms with E-state index in [1.807, 2.05) is 12.1 Å². The molecule has 0 unspecified atom stereocenters. The van der Waals surface area contributed by atoms with Gasteiger partial charge in [0.05, 0.1) is 41.1 Å². The van der Waals surface area contributed by atoms with Gasteiger partial charge in [-0.05, 0) is 55.2 Å². The second-order valence-electron chi connectivity index (χ2n) is 10.7. The Hall–Kier alpha value is -5.31. The SMILES string of the molecule is N#Cc1c(N2CCCCC2)nc2ccc(Nc3cc(C(=O)OCCO)cc(C(=O)OCCO)c3)c3c2c1-c1ccccc1C3=O. The number of benzene rings is 3. The Labute approximate surface area is 258 Å². The van der Waals surface area contributed by atoms with E-state index in [-0.39, 0.29) is 49.0 Å². The summed E-state index contributed by atoms with van der Waals surface area (Å²) in [6.07, 6.45) is 3.13. The van der Waals surface area contributed by atoms with E-state index < -0.39 is 11.9 Å². The van der Waals surface area contributed by atoms with E-state index in [4.69, 9.17) is 24.7 Å². The summed E-state index contributed by atoms with van der Waals surface area (Å²) in [6, 6.07) is 17.3. The highest BCUT2D eigenvalue weighted by Crippen LogP contribution is 2.46. The van der Waals surface area contributed by atoms with Crippen LogP contribution in [0.3, 0.4) is 0 Å². The summed E-state index contributed by atoms with van der Waals surface area (Å²) in [7, 11) is 0. The van der Waals surface area contributed by atoms with Gasteiger partial charge in [-0.3, -0.25) is 4.79 Å². The second-order valence-corrected chi connectivity index (χ2v) is 10.7. The number of nitrogens with one attached hydrogen (secondary N) is 1. The number of nitriles is 1. The molecule has 0 bridgehead atoms. The number of aromatic nitrogens is 1. The van der Waals surface area contributed by atoms with Crippen molar-refractivity contribution in [2.45, 2.75) is 19.3 Å². The van der Waals surface area contributed by atoms with Gasteiger partial charge in [-0.15, -0.1) is 0 Å². The maximum Gasteiger partial charge on any atom is 0.338 e. The van der Waals surface area contributed by atoms with Crippen LogP contribution in [0.5, 0.6) is 0 Å². The molecule has 1 fully saturated rings. The lowest BCUT2D eigenvalue weighted by atomic mass is 9.81. The summed E-state index contributed by atoms with van der Waals surface area (Å²) in [4.78, 5) is 46.6. The van der Waals surface area contributed by atoms with Gasteiger partial charge in [0.2, 0.25) is 0 Å². The van der Waals surface area contributed by atoms with Crippen molar-refractivity contribution in [3.05, 3.63) is 82.4 Å². The monoisotopic (exact) mass is 606 g/mol. The van der Waals surface area contributed by atoms with E-state index >= 15 is 0 Å². The van der Waals surface area contributed by atoms with Gasteiger partial charge in [-0.2, -0.15) is 5.26 Å². The van der Waals surface area contributed by atoms with E-state index in [1.165, 1.54) is 18.2 Å². The van der Waals surface area contributed by atoms with E-state index in [1.54, 1.807) is 24.3 Å². The van der Waals surface area contributed by atoms with Crippen LogP contribution in [0.2, 0.25) is 0 Å². The fourth-order valence-corrected chi connectivity index (χ4v) is 5.96. The molecule has 3 aromatic carbocycles. The minimum atomic E-state index is -0.774. The zero-order chi connectivity index (χ0) is 31.5. The van der Waals surface area contributed by atoms with Crippen LogP contribution < -0.4 is 10.2 Å². The Balaban J connectivity index is 1.52. The molecule has 11 heteroatoms. The Bertz CT molecular complexity index is 1840. The third-order valence-electron chi connectivity index (χ3n) is 7.90. The Morgan fingerprint density at radius 3 is 2.16 bits per heavy atom. The summed E-state index contributed by atoms with van der Waals surface area (Å²) >= 11 is 0. The number of carbonyl (C=O) groups excluding carboxylic acids is 3. The van der Waals surface area contributed by atoms with Gasteiger partial charge in [0, 0.05) is 35.3 Å². The molecule has 45 heavy (non-hydrogen) atoms. The number of hydrogen-bond donors (Lipinski definition) is 3. The van der Waals surface area contributed by atoms with Crippen LogP contribution in [0, 0.1) is 11.3 Å². The third-order valence-corrected chi connectivity index (χ3v) is 7.90. The lowest BCUT2D eigenvalue weighted by Crippen LogP contribution is -2.31. The molecule has 4 aromatic rings. The fourth-order valence-electron chi connectivity index (χ4n) is 5.96. The number of rotatable bonds is 9.